The van der Waals surface area contributed by atoms with E-state index >= 15 is 0 Å². The zero-order valence-corrected chi connectivity index (χ0v) is 20.4. The van der Waals surface area contributed by atoms with E-state index in [0.717, 1.165) is 35.7 Å². The van der Waals surface area contributed by atoms with E-state index in [1.54, 1.807) is 18.2 Å². The normalized spacial score (nSPS) is 11.9. The van der Waals surface area contributed by atoms with Crippen LogP contribution in [0.15, 0.2) is 65.5 Å². The Bertz CT molecular complexity index is 1540. The Labute approximate surface area is 211 Å². The van der Waals surface area contributed by atoms with Gasteiger partial charge in [-0.05, 0) is 49.2 Å². The van der Waals surface area contributed by atoms with E-state index in [4.69, 9.17) is 9.47 Å². The second kappa shape index (κ2) is 9.93. The number of halogens is 2. The number of amides is 1. The summed E-state index contributed by atoms with van der Waals surface area (Å²) in [6, 6.07) is 15.7. The van der Waals surface area contributed by atoms with Crippen molar-refractivity contribution in [3.05, 3.63) is 99.3 Å². The van der Waals surface area contributed by atoms with Crippen molar-refractivity contribution in [2.45, 2.75) is 33.2 Å². The largest absolute Gasteiger partial charge is 0.490 e. The molecule has 2 heterocycles. The fourth-order valence-electron chi connectivity index (χ4n) is 4.40. The van der Waals surface area contributed by atoms with Gasteiger partial charge in [0.15, 0.2) is 11.5 Å². The Hall–Kier alpha value is -4.40. The van der Waals surface area contributed by atoms with Gasteiger partial charge in [-0.1, -0.05) is 31.2 Å². The number of nitrogens with zero attached hydrogens (tertiary/aromatic N) is 2. The lowest BCUT2D eigenvalue weighted by Crippen LogP contribution is -2.27. The van der Waals surface area contributed by atoms with Crippen molar-refractivity contribution in [3.8, 4) is 23.1 Å². The van der Waals surface area contributed by atoms with E-state index in [1.165, 1.54) is 9.36 Å². The standard InChI is InChI=1S/C28H25F2N3O4/c1-3-17-8-11-20(12-9-17)33-27(35)21-14-18-6-5-7-24(36-4-2)26(18)37-28(21)32(33)16-25(34)31-23-15-19(29)10-13-22(23)30/h5-13,15H,3-4,14,16H2,1-2H3,(H,31,34). The molecule has 3 aromatic carbocycles. The van der Waals surface area contributed by atoms with Gasteiger partial charge >= 0.3 is 0 Å². The molecular weight excluding hydrogens is 480 g/mol. The molecule has 0 saturated carbocycles. The fraction of sp³-hybridized carbons (Fsp3) is 0.214. The van der Waals surface area contributed by atoms with Gasteiger partial charge in [0, 0.05) is 18.1 Å². The molecule has 0 radical (unpaired) electrons. The number of anilines is 1. The van der Waals surface area contributed by atoms with Crippen LogP contribution >= 0.6 is 0 Å². The summed E-state index contributed by atoms with van der Waals surface area (Å²) in [7, 11) is 0. The highest BCUT2D eigenvalue weighted by Gasteiger charge is 2.31. The summed E-state index contributed by atoms with van der Waals surface area (Å²) in [5, 5.41) is 2.39. The molecule has 1 N–H and O–H groups in total. The Kier molecular flexibility index (Phi) is 6.52. The molecule has 7 nitrogen and oxygen atoms in total. The third-order valence-electron chi connectivity index (χ3n) is 6.20. The van der Waals surface area contributed by atoms with Gasteiger partial charge in [0.2, 0.25) is 11.8 Å². The van der Waals surface area contributed by atoms with E-state index in [9.17, 15) is 18.4 Å². The minimum atomic E-state index is -0.775. The average Bonchev–Trinajstić information content (AvgIpc) is 3.15. The maximum absolute atomic E-state index is 14.2. The van der Waals surface area contributed by atoms with Gasteiger partial charge in [-0.15, -0.1) is 0 Å². The number of aromatic nitrogens is 2. The lowest BCUT2D eigenvalue weighted by molar-refractivity contribution is -0.117. The highest BCUT2D eigenvalue weighted by molar-refractivity contribution is 5.90. The number of nitrogens with one attached hydrogen (secondary N) is 1. The second-order valence-corrected chi connectivity index (χ2v) is 8.61. The monoisotopic (exact) mass is 505 g/mol. The number of hydrogen-bond donors (Lipinski definition) is 1. The predicted octanol–water partition coefficient (Wildman–Crippen LogP) is 5.21. The molecule has 37 heavy (non-hydrogen) atoms. The second-order valence-electron chi connectivity index (χ2n) is 8.61. The SMILES string of the molecule is CCOc1cccc2c1Oc1c(c(=O)n(-c3ccc(CC)cc3)n1CC(=O)Nc1cc(F)ccc1F)C2. The van der Waals surface area contributed by atoms with Crippen molar-refractivity contribution in [1.82, 2.24) is 9.36 Å². The Morgan fingerprint density at radius 1 is 1.08 bits per heavy atom. The zero-order valence-electron chi connectivity index (χ0n) is 20.4. The van der Waals surface area contributed by atoms with Crippen LogP contribution in [0.2, 0.25) is 0 Å². The fourth-order valence-corrected chi connectivity index (χ4v) is 4.40. The molecule has 0 unspecified atom stereocenters. The number of rotatable bonds is 7. The van der Waals surface area contributed by atoms with Crippen LogP contribution in [0.3, 0.4) is 0 Å². The third kappa shape index (κ3) is 4.60. The molecule has 0 saturated heterocycles. The Balaban J connectivity index is 1.59. The maximum Gasteiger partial charge on any atom is 0.278 e. The number of carbonyl (C=O) groups excluding carboxylic acids is 1. The Morgan fingerprint density at radius 3 is 2.59 bits per heavy atom. The first-order chi connectivity index (χ1) is 17.9. The summed E-state index contributed by atoms with van der Waals surface area (Å²) in [5.74, 6) is -0.931. The summed E-state index contributed by atoms with van der Waals surface area (Å²) >= 11 is 0. The Morgan fingerprint density at radius 2 is 1.86 bits per heavy atom. The van der Waals surface area contributed by atoms with Gasteiger partial charge in [-0.2, -0.15) is 0 Å². The number of ether oxygens (including phenoxy) is 2. The third-order valence-corrected chi connectivity index (χ3v) is 6.20. The minimum absolute atomic E-state index is 0.194. The van der Waals surface area contributed by atoms with Crippen LogP contribution in [-0.4, -0.2) is 21.9 Å². The number of benzene rings is 3. The van der Waals surface area contributed by atoms with Crippen LogP contribution in [0.4, 0.5) is 14.5 Å². The molecule has 0 spiro atoms. The van der Waals surface area contributed by atoms with Crippen LogP contribution < -0.4 is 20.3 Å². The highest BCUT2D eigenvalue weighted by Crippen LogP contribution is 2.42. The number of hydrogen-bond acceptors (Lipinski definition) is 4. The summed E-state index contributed by atoms with van der Waals surface area (Å²) in [5.41, 5.74) is 2.16. The van der Waals surface area contributed by atoms with Gasteiger partial charge < -0.3 is 14.8 Å². The molecule has 0 aliphatic carbocycles. The quantitative estimate of drug-likeness (QED) is 0.329. The van der Waals surface area contributed by atoms with Gasteiger partial charge in [0.05, 0.1) is 23.5 Å². The average molecular weight is 506 g/mol. The highest BCUT2D eigenvalue weighted by atomic mass is 19.1. The summed E-state index contributed by atoms with van der Waals surface area (Å²) < 4.78 is 42.5. The number of fused-ring (bicyclic) bond motifs is 2. The molecular formula is C28H25F2N3O4. The van der Waals surface area contributed by atoms with Crippen molar-refractivity contribution < 1.29 is 23.0 Å². The lowest BCUT2D eigenvalue weighted by atomic mass is 10.0. The van der Waals surface area contributed by atoms with Gasteiger partial charge in [0.25, 0.3) is 5.56 Å². The van der Waals surface area contributed by atoms with Crippen LogP contribution in [0.25, 0.3) is 5.69 Å². The number of carbonyl (C=O) groups is 1. The molecule has 1 aliphatic rings. The molecule has 4 aromatic rings. The summed E-state index contributed by atoms with van der Waals surface area (Å²) in [6.07, 6.45) is 1.11. The predicted molar refractivity (Wildman–Crippen MR) is 135 cm³/mol. The van der Waals surface area contributed by atoms with Crippen molar-refractivity contribution in [3.63, 3.8) is 0 Å². The van der Waals surface area contributed by atoms with Crippen LogP contribution in [0, 0.1) is 11.6 Å². The first kappa shape index (κ1) is 24.3. The van der Waals surface area contributed by atoms with Crippen LogP contribution in [-0.2, 0) is 24.2 Å². The molecule has 0 bridgehead atoms. The van der Waals surface area contributed by atoms with Crippen LogP contribution in [0.1, 0.15) is 30.5 Å². The molecule has 5 rings (SSSR count). The molecule has 1 aromatic heterocycles. The lowest BCUT2D eigenvalue weighted by Gasteiger charge is -2.21. The zero-order chi connectivity index (χ0) is 26.1. The van der Waals surface area contributed by atoms with Crippen molar-refractivity contribution in [2.75, 3.05) is 11.9 Å². The van der Waals surface area contributed by atoms with Gasteiger partial charge in [0.1, 0.15) is 18.2 Å². The van der Waals surface area contributed by atoms with E-state index in [-0.39, 0.29) is 30.1 Å². The van der Waals surface area contributed by atoms with Gasteiger partial charge in [-0.25, -0.2) is 18.1 Å². The van der Waals surface area contributed by atoms with Crippen LogP contribution in [0.5, 0.6) is 17.4 Å². The molecule has 0 atom stereocenters. The van der Waals surface area contributed by atoms with Crippen molar-refractivity contribution in [1.29, 1.82) is 0 Å². The first-order valence-electron chi connectivity index (χ1n) is 12.0. The number of aryl methyl sites for hydroxylation is 1. The number of para-hydroxylation sites is 1. The van der Waals surface area contributed by atoms with Gasteiger partial charge in [-0.3, -0.25) is 9.59 Å². The molecule has 1 aliphatic heterocycles. The molecule has 190 valence electrons. The maximum atomic E-state index is 14.2. The van der Waals surface area contributed by atoms with E-state index in [0.29, 0.717) is 29.4 Å². The van der Waals surface area contributed by atoms with E-state index < -0.39 is 17.5 Å². The van der Waals surface area contributed by atoms with Crippen molar-refractivity contribution in [2.24, 2.45) is 0 Å². The minimum Gasteiger partial charge on any atom is -0.490 e. The van der Waals surface area contributed by atoms with E-state index in [2.05, 4.69) is 5.32 Å². The molecule has 1 amide bonds. The topological polar surface area (TPSA) is 74.5 Å². The van der Waals surface area contributed by atoms with Crippen molar-refractivity contribution >= 4 is 11.6 Å². The first-order valence-corrected chi connectivity index (χ1v) is 12.0. The van der Waals surface area contributed by atoms with E-state index in [1.807, 2.05) is 38.1 Å². The summed E-state index contributed by atoms with van der Waals surface area (Å²) in [4.78, 5) is 26.7. The molecule has 9 heteroatoms. The smallest absolute Gasteiger partial charge is 0.278 e. The molecule has 0 fully saturated rings. The summed E-state index contributed by atoms with van der Waals surface area (Å²) in [6.45, 7) is 3.92.